The molecule has 0 fully saturated rings. The average Bonchev–Trinajstić information content (AvgIpc) is 2.86. The molecule has 9 nitrogen and oxygen atoms in total. The molecule has 3 aromatic carbocycles. The molecule has 0 saturated carbocycles. The lowest BCUT2D eigenvalue weighted by molar-refractivity contribution is -0.139. The Morgan fingerprint density at radius 2 is 1.54 bits per heavy atom. The third-order valence-corrected chi connectivity index (χ3v) is 5.98. The lowest BCUT2D eigenvalue weighted by Gasteiger charge is -2.32. The number of carbonyl (C=O) groups is 3. The number of rotatable bonds is 8. The molecule has 0 aromatic heterocycles. The summed E-state index contributed by atoms with van der Waals surface area (Å²) < 4.78 is 5.38. The summed E-state index contributed by atoms with van der Waals surface area (Å²) >= 11 is 0. The SMILES string of the molecule is Cc1ccccc1NC(=O)C(c1ccccc1O)N(C)C(=O)C(Cc1ccc(O)cc1)NC(=O)OC(C)(C)C. The highest BCUT2D eigenvalue weighted by Crippen LogP contribution is 2.30. The first-order valence-corrected chi connectivity index (χ1v) is 12.5. The number of amides is 3. The van der Waals surface area contributed by atoms with Crippen molar-refractivity contribution in [1.82, 2.24) is 10.2 Å². The number of ether oxygens (including phenoxy) is 1. The van der Waals surface area contributed by atoms with Crippen molar-refractivity contribution in [3.05, 3.63) is 89.5 Å². The number of aryl methyl sites for hydroxylation is 1. The Hall–Kier alpha value is -4.53. The van der Waals surface area contributed by atoms with Crippen molar-refractivity contribution in [2.24, 2.45) is 0 Å². The number of phenols is 2. The molecule has 9 heteroatoms. The van der Waals surface area contributed by atoms with E-state index < -0.39 is 35.6 Å². The van der Waals surface area contributed by atoms with Crippen LogP contribution < -0.4 is 10.6 Å². The van der Waals surface area contributed by atoms with E-state index >= 15 is 0 Å². The maximum absolute atomic E-state index is 13.9. The van der Waals surface area contributed by atoms with Crippen molar-refractivity contribution in [3.63, 3.8) is 0 Å². The molecule has 2 atom stereocenters. The normalized spacial score (nSPS) is 12.6. The number of nitrogens with zero attached hydrogens (tertiary/aromatic N) is 1. The molecule has 4 N–H and O–H groups in total. The molecule has 0 bridgehead atoms. The molecule has 3 rings (SSSR count). The maximum atomic E-state index is 13.9. The standard InChI is InChI=1S/C30H35N3O6/c1-19-10-6-8-12-23(19)31-27(36)26(22-11-7-9-13-25(22)35)33(5)28(37)24(32-29(38)39-30(2,3)4)18-20-14-16-21(34)17-15-20/h6-17,24,26,34-35H,18H2,1-5H3,(H,31,36)(H,32,38). The lowest BCUT2D eigenvalue weighted by Crippen LogP contribution is -2.52. The number of carbonyl (C=O) groups excluding carboxylic acids is 3. The van der Waals surface area contributed by atoms with Gasteiger partial charge in [-0.15, -0.1) is 0 Å². The molecule has 0 aliphatic heterocycles. The van der Waals surface area contributed by atoms with Crippen molar-refractivity contribution in [3.8, 4) is 11.5 Å². The highest BCUT2D eigenvalue weighted by atomic mass is 16.6. The zero-order valence-electron chi connectivity index (χ0n) is 22.8. The van der Waals surface area contributed by atoms with Crippen molar-refractivity contribution in [2.45, 2.75) is 51.8 Å². The van der Waals surface area contributed by atoms with Crippen LogP contribution in [0.3, 0.4) is 0 Å². The third-order valence-electron chi connectivity index (χ3n) is 5.98. The van der Waals surface area contributed by atoms with Gasteiger partial charge in [0.1, 0.15) is 29.2 Å². The zero-order chi connectivity index (χ0) is 28.7. The Morgan fingerprint density at radius 1 is 0.923 bits per heavy atom. The number of benzene rings is 3. The summed E-state index contributed by atoms with van der Waals surface area (Å²) in [6.07, 6.45) is -0.730. The minimum atomic E-state index is -1.22. The molecule has 0 radical (unpaired) electrons. The fraction of sp³-hybridized carbons (Fsp3) is 0.300. The zero-order valence-corrected chi connectivity index (χ0v) is 22.8. The molecule has 39 heavy (non-hydrogen) atoms. The average molecular weight is 534 g/mol. The van der Waals surface area contributed by atoms with E-state index in [0.717, 1.165) is 5.56 Å². The number of aromatic hydroxyl groups is 2. The summed E-state index contributed by atoms with van der Waals surface area (Å²) in [5.74, 6) is -1.21. The Kier molecular flexibility index (Phi) is 9.19. The number of nitrogens with one attached hydrogen (secondary N) is 2. The van der Waals surface area contributed by atoms with Crippen LogP contribution in [0.5, 0.6) is 11.5 Å². The first-order chi connectivity index (χ1) is 18.4. The molecule has 0 heterocycles. The van der Waals surface area contributed by atoms with Crippen molar-refractivity contribution >= 4 is 23.6 Å². The molecule has 2 unspecified atom stereocenters. The van der Waals surface area contributed by atoms with E-state index in [4.69, 9.17) is 4.74 Å². The van der Waals surface area contributed by atoms with Gasteiger partial charge < -0.3 is 30.5 Å². The van der Waals surface area contributed by atoms with Crippen molar-refractivity contribution < 1.29 is 29.3 Å². The fourth-order valence-electron chi connectivity index (χ4n) is 4.05. The molecule has 0 spiro atoms. The number of likely N-dealkylation sites (N-methyl/N-ethyl adjacent to an activating group) is 1. The minimum absolute atomic E-state index is 0.0614. The topological polar surface area (TPSA) is 128 Å². The molecule has 0 saturated heterocycles. The van der Waals surface area contributed by atoms with E-state index in [-0.39, 0.29) is 23.5 Å². The number of para-hydroxylation sites is 2. The summed E-state index contributed by atoms with van der Waals surface area (Å²) in [6, 6.07) is 17.4. The third kappa shape index (κ3) is 7.98. The Bertz CT molecular complexity index is 1320. The number of alkyl carbamates (subject to hydrolysis) is 1. The molecular weight excluding hydrogens is 498 g/mol. The van der Waals surface area contributed by atoms with E-state index in [1.165, 1.54) is 30.1 Å². The molecule has 3 amide bonds. The fourth-order valence-corrected chi connectivity index (χ4v) is 4.05. The summed E-state index contributed by atoms with van der Waals surface area (Å²) in [6.45, 7) is 6.97. The van der Waals surface area contributed by atoms with Gasteiger partial charge in [0, 0.05) is 24.7 Å². The van der Waals surface area contributed by atoms with Gasteiger partial charge in [0.15, 0.2) is 0 Å². The van der Waals surface area contributed by atoms with Crippen LogP contribution in [-0.4, -0.2) is 51.7 Å². The van der Waals surface area contributed by atoms with Crippen molar-refractivity contribution in [1.29, 1.82) is 0 Å². The van der Waals surface area contributed by atoms with Gasteiger partial charge in [0.05, 0.1) is 0 Å². The summed E-state index contributed by atoms with van der Waals surface area (Å²) in [5, 5.41) is 25.8. The summed E-state index contributed by atoms with van der Waals surface area (Å²) in [5.41, 5.74) is 1.48. The van der Waals surface area contributed by atoms with Gasteiger partial charge in [-0.2, -0.15) is 0 Å². The highest BCUT2D eigenvalue weighted by molar-refractivity contribution is 5.99. The predicted molar refractivity (Wildman–Crippen MR) is 148 cm³/mol. The molecule has 206 valence electrons. The van der Waals surface area contributed by atoms with Crippen LogP contribution in [0.4, 0.5) is 10.5 Å². The second-order valence-electron chi connectivity index (χ2n) is 10.3. The smallest absolute Gasteiger partial charge is 0.408 e. The van der Waals surface area contributed by atoms with E-state index in [9.17, 15) is 24.6 Å². The predicted octanol–water partition coefficient (Wildman–Crippen LogP) is 4.68. The van der Waals surface area contributed by atoms with E-state index in [1.54, 1.807) is 63.2 Å². The monoisotopic (exact) mass is 533 g/mol. The van der Waals surface area contributed by atoms with Crippen molar-refractivity contribution in [2.75, 3.05) is 12.4 Å². The van der Waals surface area contributed by atoms with Crippen LogP contribution in [-0.2, 0) is 20.7 Å². The van der Waals surface area contributed by atoms with Crippen LogP contribution in [0, 0.1) is 6.92 Å². The van der Waals surface area contributed by atoms with Gasteiger partial charge in [-0.3, -0.25) is 9.59 Å². The Labute approximate surface area is 228 Å². The highest BCUT2D eigenvalue weighted by Gasteiger charge is 2.35. The summed E-state index contributed by atoms with van der Waals surface area (Å²) in [4.78, 5) is 41.4. The van der Waals surface area contributed by atoms with Gasteiger partial charge in [-0.05, 0) is 63.1 Å². The number of hydrogen-bond acceptors (Lipinski definition) is 6. The van der Waals surface area contributed by atoms with Gasteiger partial charge in [-0.25, -0.2) is 4.79 Å². The van der Waals surface area contributed by atoms with Gasteiger partial charge in [-0.1, -0.05) is 48.5 Å². The minimum Gasteiger partial charge on any atom is -0.508 e. The first-order valence-electron chi connectivity index (χ1n) is 12.5. The van der Waals surface area contributed by atoms with Crippen LogP contribution in [0.15, 0.2) is 72.8 Å². The van der Waals surface area contributed by atoms with Crippen LogP contribution in [0.2, 0.25) is 0 Å². The number of phenolic OH excluding ortho intramolecular Hbond substituents is 2. The second kappa shape index (κ2) is 12.3. The van der Waals surface area contributed by atoms with E-state index in [1.807, 2.05) is 19.1 Å². The van der Waals surface area contributed by atoms with Gasteiger partial charge in [0.25, 0.3) is 5.91 Å². The molecule has 3 aromatic rings. The second-order valence-corrected chi connectivity index (χ2v) is 10.3. The van der Waals surface area contributed by atoms with Crippen LogP contribution in [0.25, 0.3) is 0 Å². The maximum Gasteiger partial charge on any atom is 0.408 e. The molecule has 0 aliphatic rings. The quantitative estimate of drug-likeness (QED) is 0.333. The van der Waals surface area contributed by atoms with Gasteiger partial charge in [0.2, 0.25) is 5.91 Å². The molecule has 0 aliphatic carbocycles. The Morgan fingerprint density at radius 3 is 2.15 bits per heavy atom. The van der Waals surface area contributed by atoms with Crippen LogP contribution in [0.1, 0.15) is 43.5 Å². The van der Waals surface area contributed by atoms with E-state index in [2.05, 4.69) is 10.6 Å². The van der Waals surface area contributed by atoms with Crippen LogP contribution >= 0.6 is 0 Å². The number of hydrogen-bond donors (Lipinski definition) is 4. The number of anilines is 1. The lowest BCUT2D eigenvalue weighted by atomic mass is 10.00. The summed E-state index contributed by atoms with van der Waals surface area (Å²) in [7, 11) is 1.44. The first kappa shape index (κ1) is 29.0. The Balaban J connectivity index is 1.97. The molecular formula is C30H35N3O6. The largest absolute Gasteiger partial charge is 0.508 e. The van der Waals surface area contributed by atoms with E-state index in [0.29, 0.717) is 11.3 Å². The van der Waals surface area contributed by atoms with Gasteiger partial charge >= 0.3 is 6.09 Å².